The van der Waals surface area contributed by atoms with Gasteiger partial charge in [-0.2, -0.15) is 5.10 Å². The highest BCUT2D eigenvalue weighted by atomic mass is 16.6. The second-order valence-corrected chi connectivity index (χ2v) is 6.12. The lowest BCUT2D eigenvalue weighted by Gasteiger charge is -2.29. The van der Waals surface area contributed by atoms with E-state index in [-0.39, 0.29) is 17.4 Å². The molecule has 0 spiro atoms. The number of H-pyrrole nitrogens is 1. The number of carbonyl (C=O) groups is 1. The zero-order chi connectivity index (χ0) is 16.8. The average Bonchev–Trinajstić information content (AvgIpc) is 2.97. The lowest BCUT2D eigenvalue weighted by Crippen LogP contribution is -2.46. The largest absolute Gasteiger partial charge is 0.346 e. The molecule has 1 saturated carbocycles. The van der Waals surface area contributed by atoms with Gasteiger partial charge in [0.1, 0.15) is 5.69 Å². The van der Waals surface area contributed by atoms with Crippen LogP contribution in [0.3, 0.4) is 0 Å². The van der Waals surface area contributed by atoms with Gasteiger partial charge in [0, 0.05) is 12.6 Å². The monoisotopic (exact) mass is 323 g/mol. The number of nitrogens with one attached hydrogen (secondary N) is 2. The minimum Gasteiger partial charge on any atom is -0.346 e. The maximum Gasteiger partial charge on any atom is 0.322 e. The van der Waals surface area contributed by atoms with Crippen LogP contribution in [-0.2, 0) is 6.42 Å². The van der Waals surface area contributed by atoms with Crippen LogP contribution in [0, 0.1) is 16.0 Å². The lowest BCUT2D eigenvalue weighted by atomic mass is 9.84. The summed E-state index contributed by atoms with van der Waals surface area (Å²) in [4.78, 5) is 23.2. The molecular formula is C15H25N5O3. The fraction of sp³-hybridized carbons (Fsp3) is 0.733. The molecule has 0 aromatic carbocycles. The topological polar surface area (TPSA) is 127 Å². The first kappa shape index (κ1) is 17.4. The van der Waals surface area contributed by atoms with Gasteiger partial charge in [-0.05, 0) is 25.2 Å². The summed E-state index contributed by atoms with van der Waals surface area (Å²) in [7, 11) is 0. The molecule has 1 fully saturated rings. The molecule has 128 valence electrons. The molecule has 1 amide bonds. The summed E-state index contributed by atoms with van der Waals surface area (Å²) in [6.07, 6.45) is 6.78. The predicted octanol–water partition coefficient (Wildman–Crippen LogP) is 1.91. The first-order valence-corrected chi connectivity index (χ1v) is 8.31. The third-order valence-electron chi connectivity index (χ3n) is 4.50. The first-order valence-electron chi connectivity index (χ1n) is 8.31. The van der Waals surface area contributed by atoms with Crippen LogP contribution in [0.25, 0.3) is 0 Å². The van der Waals surface area contributed by atoms with Crippen molar-refractivity contribution >= 4 is 11.6 Å². The van der Waals surface area contributed by atoms with Crippen molar-refractivity contribution in [1.82, 2.24) is 15.5 Å². The predicted molar refractivity (Wildman–Crippen MR) is 86.1 cm³/mol. The number of carbonyl (C=O) groups excluding carboxylic acids is 1. The highest BCUT2D eigenvalue weighted by Crippen LogP contribution is 2.27. The quantitative estimate of drug-likeness (QED) is 0.521. The Morgan fingerprint density at radius 2 is 2.17 bits per heavy atom. The van der Waals surface area contributed by atoms with E-state index < -0.39 is 10.8 Å². The summed E-state index contributed by atoms with van der Waals surface area (Å²) < 4.78 is 0. The van der Waals surface area contributed by atoms with E-state index in [1.165, 1.54) is 6.42 Å². The number of nitro groups is 1. The Hall–Kier alpha value is -1.96. The number of rotatable bonds is 7. The van der Waals surface area contributed by atoms with Crippen LogP contribution in [-0.4, -0.2) is 33.6 Å². The minimum atomic E-state index is -0.540. The third-order valence-corrected chi connectivity index (χ3v) is 4.50. The molecule has 1 aliphatic carbocycles. The number of hydrogen-bond acceptors (Lipinski definition) is 5. The Morgan fingerprint density at radius 3 is 2.74 bits per heavy atom. The van der Waals surface area contributed by atoms with Crippen LogP contribution in [0.15, 0.2) is 0 Å². The molecule has 4 N–H and O–H groups in total. The molecule has 0 radical (unpaired) electrons. The van der Waals surface area contributed by atoms with Gasteiger partial charge in [0.05, 0.1) is 4.92 Å². The fourth-order valence-corrected chi connectivity index (χ4v) is 3.29. The van der Waals surface area contributed by atoms with E-state index in [0.717, 1.165) is 32.1 Å². The van der Waals surface area contributed by atoms with Gasteiger partial charge < -0.3 is 11.1 Å². The van der Waals surface area contributed by atoms with E-state index in [4.69, 9.17) is 5.73 Å². The van der Waals surface area contributed by atoms with Crippen molar-refractivity contribution in [2.45, 2.75) is 57.9 Å². The van der Waals surface area contributed by atoms with Crippen LogP contribution in [0.2, 0.25) is 0 Å². The van der Waals surface area contributed by atoms with Gasteiger partial charge in [-0.1, -0.05) is 32.6 Å². The van der Waals surface area contributed by atoms with E-state index in [0.29, 0.717) is 24.6 Å². The SMILES string of the molecule is CCCc1[nH]nc(C(=O)NC(CN)C2CCCCC2)c1[N+](=O)[O-]. The van der Waals surface area contributed by atoms with Crippen LogP contribution < -0.4 is 11.1 Å². The van der Waals surface area contributed by atoms with Gasteiger partial charge in [0.15, 0.2) is 0 Å². The summed E-state index contributed by atoms with van der Waals surface area (Å²) in [5.41, 5.74) is 5.83. The zero-order valence-electron chi connectivity index (χ0n) is 13.5. The van der Waals surface area contributed by atoms with E-state index in [2.05, 4.69) is 15.5 Å². The summed E-state index contributed by atoms with van der Waals surface area (Å²) in [6, 6.07) is -0.159. The van der Waals surface area contributed by atoms with E-state index in [9.17, 15) is 14.9 Å². The van der Waals surface area contributed by atoms with Crippen molar-refractivity contribution in [3.63, 3.8) is 0 Å². The van der Waals surface area contributed by atoms with Gasteiger partial charge in [-0.3, -0.25) is 20.0 Å². The maximum atomic E-state index is 12.4. The number of nitrogens with zero attached hydrogens (tertiary/aromatic N) is 2. The summed E-state index contributed by atoms with van der Waals surface area (Å²) >= 11 is 0. The molecule has 1 heterocycles. The smallest absolute Gasteiger partial charge is 0.322 e. The van der Waals surface area contributed by atoms with Gasteiger partial charge in [0.25, 0.3) is 5.91 Å². The average molecular weight is 323 g/mol. The molecule has 1 atom stereocenters. The Kier molecular flexibility index (Phi) is 6.09. The van der Waals surface area contributed by atoms with Crippen molar-refractivity contribution in [1.29, 1.82) is 0 Å². The molecule has 0 saturated heterocycles. The van der Waals surface area contributed by atoms with E-state index in [1.54, 1.807) is 0 Å². The van der Waals surface area contributed by atoms with Crippen LogP contribution in [0.5, 0.6) is 0 Å². The van der Waals surface area contributed by atoms with E-state index in [1.807, 2.05) is 6.92 Å². The van der Waals surface area contributed by atoms with E-state index >= 15 is 0 Å². The molecule has 0 aliphatic heterocycles. The molecule has 1 aromatic rings. The molecule has 8 nitrogen and oxygen atoms in total. The van der Waals surface area contributed by atoms with Crippen molar-refractivity contribution in [2.75, 3.05) is 6.54 Å². The van der Waals surface area contributed by atoms with Crippen molar-refractivity contribution in [3.8, 4) is 0 Å². The van der Waals surface area contributed by atoms with Crippen molar-refractivity contribution < 1.29 is 9.72 Å². The number of aromatic amines is 1. The summed E-state index contributed by atoms with van der Waals surface area (Å²) in [6.45, 7) is 2.24. The second kappa shape index (κ2) is 8.05. The molecule has 23 heavy (non-hydrogen) atoms. The Labute approximate surface area is 135 Å². The van der Waals surface area contributed by atoms with Gasteiger partial charge in [-0.25, -0.2) is 0 Å². The zero-order valence-corrected chi connectivity index (χ0v) is 13.5. The fourth-order valence-electron chi connectivity index (χ4n) is 3.29. The van der Waals surface area contributed by atoms with Gasteiger partial charge in [0.2, 0.25) is 5.69 Å². The highest BCUT2D eigenvalue weighted by Gasteiger charge is 2.31. The number of aryl methyl sites for hydroxylation is 1. The minimum absolute atomic E-state index is 0.146. The first-order chi connectivity index (χ1) is 11.1. The highest BCUT2D eigenvalue weighted by molar-refractivity contribution is 5.96. The number of aromatic nitrogens is 2. The number of hydrogen-bond donors (Lipinski definition) is 3. The second-order valence-electron chi connectivity index (χ2n) is 6.12. The molecule has 2 rings (SSSR count). The molecular weight excluding hydrogens is 298 g/mol. The Morgan fingerprint density at radius 1 is 1.48 bits per heavy atom. The maximum absolute atomic E-state index is 12.4. The summed E-state index contributed by atoms with van der Waals surface area (Å²) in [5.74, 6) is -0.179. The van der Waals surface area contributed by atoms with Gasteiger partial charge >= 0.3 is 5.69 Å². The standard InChI is InChI=1S/C15H25N5O3/c1-2-6-11-14(20(22)23)13(19-18-11)15(21)17-12(9-16)10-7-4-3-5-8-10/h10,12H,2-9,16H2,1H3,(H,17,21)(H,18,19). The number of nitrogens with two attached hydrogens (primary N) is 1. The molecule has 8 heteroatoms. The van der Waals surface area contributed by atoms with Crippen molar-refractivity contribution in [2.24, 2.45) is 11.7 Å². The van der Waals surface area contributed by atoms with Crippen LogP contribution in [0.4, 0.5) is 5.69 Å². The third kappa shape index (κ3) is 4.07. The Bertz CT molecular complexity index is 551. The van der Waals surface area contributed by atoms with Gasteiger partial charge in [-0.15, -0.1) is 0 Å². The molecule has 1 aliphatic rings. The normalized spacial score (nSPS) is 17.0. The molecule has 1 unspecified atom stereocenters. The van der Waals surface area contributed by atoms with Crippen LogP contribution >= 0.6 is 0 Å². The lowest BCUT2D eigenvalue weighted by molar-refractivity contribution is -0.385. The molecule has 0 bridgehead atoms. The van der Waals surface area contributed by atoms with Crippen LogP contribution in [0.1, 0.15) is 61.6 Å². The Balaban J connectivity index is 2.14. The van der Waals surface area contributed by atoms with Crippen molar-refractivity contribution in [3.05, 3.63) is 21.5 Å². The number of amides is 1. The summed E-state index contributed by atoms with van der Waals surface area (Å²) in [5, 5.41) is 20.6. The molecule has 1 aromatic heterocycles.